The summed E-state index contributed by atoms with van der Waals surface area (Å²) >= 11 is 0. The molecule has 1 aromatic rings. The Morgan fingerprint density at radius 3 is 2.78 bits per heavy atom. The molecule has 18 heavy (non-hydrogen) atoms. The molecule has 0 saturated heterocycles. The molecule has 0 radical (unpaired) electrons. The summed E-state index contributed by atoms with van der Waals surface area (Å²) in [6.07, 6.45) is 1.43. The fourth-order valence-electron chi connectivity index (χ4n) is 1.86. The maximum Gasteiger partial charge on any atom is 0.231 e. The maximum absolute atomic E-state index is 9.80. The van der Waals surface area contributed by atoms with E-state index in [2.05, 4.69) is 5.32 Å². The summed E-state index contributed by atoms with van der Waals surface area (Å²) < 4.78 is 10.4. The van der Waals surface area contributed by atoms with Gasteiger partial charge in [0, 0.05) is 18.2 Å². The number of aliphatic hydroxyl groups excluding tert-OH is 1. The van der Waals surface area contributed by atoms with Gasteiger partial charge in [-0.3, -0.25) is 0 Å². The molecule has 0 bridgehead atoms. The molecular formula is C13H19NO4. The first-order valence-electron chi connectivity index (χ1n) is 6.17. The highest BCUT2D eigenvalue weighted by Crippen LogP contribution is 2.37. The number of aromatic hydroxyl groups is 1. The lowest BCUT2D eigenvalue weighted by atomic mass is 10.1. The van der Waals surface area contributed by atoms with Gasteiger partial charge in [-0.05, 0) is 32.4 Å². The van der Waals surface area contributed by atoms with Gasteiger partial charge < -0.3 is 25.0 Å². The lowest BCUT2D eigenvalue weighted by Gasteiger charge is -2.08. The summed E-state index contributed by atoms with van der Waals surface area (Å²) in [5, 5.41) is 22.1. The van der Waals surface area contributed by atoms with E-state index in [1.54, 1.807) is 19.1 Å². The normalized spacial score (nSPS) is 14.8. The number of rotatable bonds is 6. The number of phenolic OH excluding ortho intramolecular Hbond substituents is 1. The van der Waals surface area contributed by atoms with Crippen molar-refractivity contribution in [2.75, 3.05) is 13.3 Å². The zero-order chi connectivity index (χ0) is 13.0. The number of fused-ring (bicyclic) bond motifs is 1. The van der Waals surface area contributed by atoms with Crippen LogP contribution in [0.25, 0.3) is 0 Å². The van der Waals surface area contributed by atoms with E-state index in [9.17, 15) is 5.11 Å². The largest absolute Gasteiger partial charge is 0.507 e. The number of ether oxygens (including phenoxy) is 2. The molecule has 0 saturated carbocycles. The standard InChI is InChI=1S/C13H19NO4/c1-9(15)3-2-4-14-7-10-5-12-13(6-11(10)16)18-8-17-12/h5-6,9,14-16H,2-4,7-8H2,1H3. The van der Waals surface area contributed by atoms with Crippen molar-refractivity contribution in [2.24, 2.45) is 0 Å². The highest BCUT2D eigenvalue weighted by Gasteiger charge is 2.16. The third-order valence-electron chi connectivity index (χ3n) is 2.86. The Morgan fingerprint density at radius 2 is 2.06 bits per heavy atom. The molecular weight excluding hydrogens is 234 g/mol. The van der Waals surface area contributed by atoms with Crippen molar-refractivity contribution >= 4 is 0 Å². The lowest BCUT2D eigenvalue weighted by molar-refractivity contribution is 0.174. The quantitative estimate of drug-likeness (QED) is 0.668. The maximum atomic E-state index is 9.80. The van der Waals surface area contributed by atoms with Crippen LogP contribution in [0.5, 0.6) is 17.2 Å². The molecule has 1 heterocycles. The first-order valence-corrected chi connectivity index (χ1v) is 6.17. The predicted octanol–water partition coefficient (Wildman–Crippen LogP) is 1.37. The minimum absolute atomic E-state index is 0.208. The zero-order valence-electron chi connectivity index (χ0n) is 10.5. The van der Waals surface area contributed by atoms with Crippen LogP contribution in [0.2, 0.25) is 0 Å². The van der Waals surface area contributed by atoms with Crippen LogP contribution in [-0.4, -0.2) is 29.7 Å². The zero-order valence-corrected chi connectivity index (χ0v) is 10.5. The summed E-state index contributed by atoms with van der Waals surface area (Å²) in [4.78, 5) is 0. The summed E-state index contributed by atoms with van der Waals surface area (Å²) in [7, 11) is 0. The van der Waals surface area contributed by atoms with Crippen molar-refractivity contribution in [1.29, 1.82) is 0 Å². The van der Waals surface area contributed by atoms with Crippen LogP contribution in [0.1, 0.15) is 25.3 Å². The number of phenols is 1. The summed E-state index contributed by atoms with van der Waals surface area (Å²) in [5.41, 5.74) is 0.788. The minimum atomic E-state index is -0.259. The summed E-state index contributed by atoms with van der Waals surface area (Å²) in [6, 6.07) is 3.37. The van der Waals surface area contributed by atoms with Crippen LogP contribution in [0, 0.1) is 0 Å². The van der Waals surface area contributed by atoms with E-state index < -0.39 is 0 Å². The molecule has 1 unspecified atom stereocenters. The molecule has 0 amide bonds. The van der Waals surface area contributed by atoms with Crippen molar-refractivity contribution < 1.29 is 19.7 Å². The third-order valence-corrected chi connectivity index (χ3v) is 2.86. The van der Waals surface area contributed by atoms with Gasteiger partial charge in [-0.1, -0.05) is 0 Å². The van der Waals surface area contributed by atoms with Gasteiger partial charge >= 0.3 is 0 Å². The molecule has 0 aliphatic carbocycles. The van der Waals surface area contributed by atoms with Crippen molar-refractivity contribution in [3.63, 3.8) is 0 Å². The van der Waals surface area contributed by atoms with E-state index in [-0.39, 0.29) is 18.6 Å². The first kappa shape index (κ1) is 13.0. The Kier molecular flexibility index (Phi) is 4.28. The SMILES string of the molecule is CC(O)CCCNCc1cc2c(cc1O)OCO2. The van der Waals surface area contributed by atoms with E-state index in [1.807, 2.05) is 0 Å². The Balaban J connectivity index is 1.82. The van der Waals surface area contributed by atoms with Crippen molar-refractivity contribution in [2.45, 2.75) is 32.4 Å². The van der Waals surface area contributed by atoms with Gasteiger partial charge in [0.1, 0.15) is 5.75 Å². The molecule has 1 atom stereocenters. The van der Waals surface area contributed by atoms with Crippen LogP contribution >= 0.6 is 0 Å². The smallest absolute Gasteiger partial charge is 0.231 e. The second-order valence-corrected chi connectivity index (χ2v) is 4.50. The monoisotopic (exact) mass is 253 g/mol. The second kappa shape index (κ2) is 5.93. The van der Waals surface area contributed by atoms with Crippen LogP contribution in [0.4, 0.5) is 0 Å². The Bertz CT molecular complexity index is 406. The van der Waals surface area contributed by atoms with Gasteiger partial charge in [-0.2, -0.15) is 0 Å². The average Bonchev–Trinajstić information content (AvgIpc) is 2.75. The molecule has 1 aliphatic heterocycles. The van der Waals surface area contributed by atoms with Crippen molar-refractivity contribution in [3.05, 3.63) is 17.7 Å². The fraction of sp³-hybridized carbons (Fsp3) is 0.538. The Hall–Kier alpha value is -1.46. The van der Waals surface area contributed by atoms with E-state index in [4.69, 9.17) is 14.6 Å². The van der Waals surface area contributed by atoms with Gasteiger partial charge in [-0.15, -0.1) is 0 Å². The van der Waals surface area contributed by atoms with E-state index in [0.29, 0.717) is 18.0 Å². The molecule has 0 spiro atoms. The van der Waals surface area contributed by atoms with Crippen molar-refractivity contribution in [3.8, 4) is 17.2 Å². The fourth-order valence-corrected chi connectivity index (χ4v) is 1.86. The van der Waals surface area contributed by atoms with Crippen LogP contribution in [0.3, 0.4) is 0 Å². The highest BCUT2D eigenvalue weighted by atomic mass is 16.7. The molecule has 1 aliphatic rings. The molecule has 5 nitrogen and oxygen atoms in total. The van der Waals surface area contributed by atoms with Crippen LogP contribution in [0.15, 0.2) is 12.1 Å². The average molecular weight is 253 g/mol. The van der Waals surface area contributed by atoms with Gasteiger partial charge in [-0.25, -0.2) is 0 Å². The predicted molar refractivity (Wildman–Crippen MR) is 66.9 cm³/mol. The molecule has 1 aromatic carbocycles. The van der Waals surface area contributed by atoms with Crippen molar-refractivity contribution in [1.82, 2.24) is 5.32 Å². The summed E-state index contributed by atoms with van der Waals surface area (Å²) in [5.74, 6) is 1.47. The third kappa shape index (κ3) is 3.27. The van der Waals surface area contributed by atoms with Gasteiger partial charge in [0.2, 0.25) is 6.79 Å². The number of nitrogens with one attached hydrogen (secondary N) is 1. The van der Waals surface area contributed by atoms with Crippen LogP contribution < -0.4 is 14.8 Å². The van der Waals surface area contributed by atoms with E-state index in [0.717, 1.165) is 24.9 Å². The number of hydrogen-bond acceptors (Lipinski definition) is 5. The number of benzene rings is 1. The molecule has 2 rings (SSSR count). The van der Waals surface area contributed by atoms with Crippen LogP contribution in [-0.2, 0) is 6.54 Å². The highest BCUT2D eigenvalue weighted by molar-refractivity contribution is 5.51. The summed E-state index contributed by atoms with van der Waals surface area (Å²) in [6.45, 7) is 3.37. The van der Waals surface area contributed by atoms with E-state index >= 15 is 0 Å². The van der Waals surface area contributed by atoms with Gasteiger partial charge in [0.05, 0.1) is 6.10 Å². The number of hydrogen-bond donors (Lipinski definition) is 3. The Labute approximate surface area is 106 Å². The lowest BCUT2D eigenvalue weighted by Crippen LogP contribution is -2.16. The first-order chi connectivity index (χ1) is 8.66. The Morgan fingerprint density at radius 1 is 1.33 bits per heavy atom. The molecule has 0 fully saturated rings. The van der Waals surface area contributed by atoms with E-state index in [1.165, 1.54) is 0 Å². The second-order valence-electron chi connectivity index (χ2n) is 4.50. The molecule has 100 valence electrons. The molecule has 3 N–H and O–H groups in total. The van der Waals surface area contributed by atoms with Gasteiger partial charge in [0.25, 0.3) is 0 Å². The molecule has 0 aromatic heterocycles. The van der Waals surface area contributed by atoms with Gasteiger partial charge in [0.15, 0.2) is 11.5 Å². The number of aliphatic hydroxyl groups is 1. The molecule has 5 heteroatoms. The topological polar surface area (TPSA) is 71.0 Å². The minimum Gasteiger partial charge on any atom is -0.507 e.